The number of aromatic hydroxyl groups is 1. The Balaban J connectivity index is 0.000000991. The number of hydrogen-bond donors (Lipinski definition) is 3. The van der Waals surface area contributed by atoms with Crippen molar-refractivity contribution in [3.63, 3.8) is 0 Å². The fourth-order valence-electron chi connectivity index (χ4n) is 6.30. The smallest absolute Gasteiger partial charge is 1.00 e. The zero-order chi connectivity index (χ0) is 47.1. The van der Waals surface area contributed by atoms with Gasteiger partial charge in [0.2, 0.25) is 0 Å². The molecule has 358 valence electrons. The largest absolute Gasteiger partial charge is 1.00 e. The summed E-state index contributed by atoms with van der Waals surface area (Å²) in [6.07, 6.45) is 5.97. The van der Waals surface area contributed by atoms with Gasteiger partial charge >= 0.3 is 150 Å². The first-order valence-electron chi connectivity index (χ1n) is 21.1. The summed E-state index contributed by atoms with van der Waals surface area (Å²) in [6, 6.07) is 27.9. The first-order chi connectivity index (χ1) is 31.3. The molecule has 2 heterocycles. The average Bonchev–Trinajstić information content (AvgIpc) is 4.03. The van der Waals surface area contributed by atoms with Crippen molar-refractivity contribution < 1.29 is 204 Å². The Morgan fingerprint density at radius 3 is 1.55 bits per heavy atom. The van der Waals surface area contributed by atoms with Gasteiger partial charge in [-0.3, -0.25) is 13.9 Å². The minimum absolute atomic E-state index is 0. The maximum absolute atomic E-state index is 14.2. The van der Waals surface area contributed by atoms with Crippen molar-refractivity contribution in [2.45, 2.75) is 51.7 Å². The molecule has 0 aliphatic carbocycles. The van der Waals surface area contributed by atoms with Gasteiger partial charge in [-0.15, -0.1) is 0 Å². The number of nitrogens with zero attached hydrogens (tertiary/aromatic N) is 2. The second-order valence-electron chi connectivity index (χ2n) is 14.7. The summed E-state index contributed by atoms with van der Waals surface area (Å²) >= 11 is 0. The molecule has 0 unspecified atom stereocenters. The fourth-order valence-corrected chi connectivity index (χ4v) is 6.68. The third kappa shape index (κ3) is 30.6. The van der Waals surface area contributed by atoms with E-state index >= 15 is 0 Å². The molecule has 67 heavy (non-hydrogen) atoms. The van der Waals surface area contributed by atoms with E-state index in [0.29, 0.717) is 44.7 Å². The summed E-state index contributed by atoms with van der Waals surface area (Å²) in [4.78, 5) is 39.0. The zero-order valence-corrected chi connectivity index (χ0v) is 51.9. The molecule has 0 saturated carbocycles. The molecular weight excluding hydrogens is 1140 g/mol. The van der Waals surface area contributed by atoms with E-state index in [2.05, 4.69) is 29.5 Å². The maximum atomic E-state index is 14.2. The summed E-state index contributed by atoms with van der Waals surface area (Å²) in [5, 5.41) is 22.8. The number of amides is 2. The van der Waals surface area contributed by atoms with Crippen LogP contribution in [0.4, 0.5) is 18.4 Å². The molecule has 0 radical (unpaired) electrons. The zero-order valence-electron chi connectivity index (χ0n) is 39.5. The molecule has 16 nitrogen and oxygen atoms in total. The van der Waals surface area contributed by atoms with Crippen molar-refractivity contribution in [1.29, 1.82) is 0 Å². The molecule has 4 aromatic carbocycles. The van der Waals surface area contributed by atoms with Gasteiger partial charge in [-0.05, 0) is 111 Å². The SMILES string of the molecule is CS(=O)(=O)OCCN1CCCC1.O=C(NCCc1ccc(O)c(F)c1)OCc1ccccc1.O=C(NCCc1ccc(OCCN2CCCC2)c(F)c1)OCc1ccccc1.O=CO[O-].[Cs+].[Cs+].[H-]. The molecule has 2 saturated heterocycles. The standard InChI is InChI=1S/C22H27FN2O3.C16H16FNO3.C7H15NO3S.CH2O3.2Cs.H/c23-20-16-18(8-9-21(20)27-15-14-25-12-4-5-13-25)10-11-24-22(26)28-17-19-6-2-1-3-7-19;17-14-10-12(6-7-15(14)19)8-9-18-16(20)21-11-13-4-2-1-3-5-13;1-12(9,10)11-7-6-8-4-2-3-5-8;2-1-4-3;;;/h1-3,6-9,16H,4-5,10-15,17H2,(H,24,26);1-7,10,19H,8-9,11H2,(H,18,20);2-7H2,1H3;1,3H;;;/q;;;;2*+1;-1/p-1. The summed E-state index contributed by atoms with van der Waals surface area (Å²) in [6.45, 7) is 7.66. The molecule has 0 bridgehead atoms. The third-order valence-corrected chi connectivity index (χ3v) is 10.2. The van der Waals surface area contributed by atoms with Crippen LogP contribution in [0.1, 0.15) is 49.4 Å². The van der Waals surface area contributed by atoms with Gasteiger partial charge in [0.15, 0.2) is 23.1 Å². The third-order valence-electron chi connectivity index (χ3n) is 9.61. The van der Waals surface area contributed by atoms with Crippen LogP contribution in [0, 0.1) is 11.6 Å². The van der Waals surface area contributed by atoms with Crippen LogP contribution < -0.4 is 158 Å². The number of nitrogens with one attached hydrogen (secondary N) is 2. The molecule has 0 aromatic heterocycles. The number of carbonyl (C=O) groups excluding carboxylic acids is 3. The number of likely N-dealkylation sites (tertiary alicyclic amines) is 2. The Kier molecular flexibility index (Phi) is 35.9. The van der Waals surface area contributed by atoms with Crippen LogP contribution in [0.2, 0.25) is 0 Å². The predicted octanol–water partition coefficient (Wildman–Crippen LogP) is -0.617. The second-order valence-corrected chi connectivity index (χ2v) is 16.3. The molecule has 3 N–H and O–H groups in total. The Morgan fingerprint density at radius 2 is 1.13 bits per heavy atom. The van der Waals surface area contributed by atoms with Crippen LogP contribution >= 0.6 is 0 Å². The number of rotatable bonds is 19. The van der Waals surface area contributed by atoms with Crippen molar-refractivity contribution in [2.24, 2.45) is 0 Å². The number of benzene rings is 4. The number of phenols is 1. The summed E-state index contributed by atoms with van der Waals surface area (Å²) in [5.74, 6) is -1.14. The van der Waals surface area contributed by atoms with E-state index in [0.717, 1.165) is 62.2 Å². The molecule has 2 fully saturated rings. The van der Waals surface area contributed by atoms with Crippen molar-refractivity contribution in [1.82, 2.24) is 20.4 Å². The second kappa shape index (κ2) is 38.0. The van der Waals surface area contributed by atoms with E-state index < -0.39 is 28.1 Å². The van der Waals surface area contributed by atoms with Gasteiger partial charge in [-0.25, -0.2) is 18.4 Å². The van der Waals surface area contributed by atoms with Crippen molar-refractivity contribution in [3.8, 4) is 11.5 Å². The van der Waals surface area contributed by atoms with E-state index in [-0.39, 0.29) is 176 Å². The van der Waals surface area contributed by atoms with Crippen LogP contribution in [-0.2, 0) is 59.5 Å². The Labute approximate surface area is 511 Å². The van der Waals surface area contributed by atoms with Crippen molar-refractivity contribution >= 4 is 28.8 Å². The minimum atomic E-state index is -3.24. The van der Waals surface area contributed by atoms with Gasteiger partial charge in [0.05, 0.1) is 12.9 Å². The van der Waals surface area contributed by atoms with Gasteiger partial charge in [0.1, 0.15) is 19.8 Å². The molecule has 6 rings (SSSR count). The van der Waals surface area contributed by atoms with Crippen molar-refractivity contribution in [2.75, 3.05) is 71.8 Å². The van der Waals surface area contributed by atoms with E-state index in [1.54, 1.807) is 12.1 Å². The average molecular weight is 1200 g/mol. The van der Waals surface area contributed by atoms with Crippen LogP contribution in [0.15, 0.2) is 97.1 Å². The first-order valence-corrected chi connectivity index (χ1v) is 23.0. The minimum Gasteiger partial charge on any atom is -1.00 e. The van der Waals surface area contributed by atoms with E-state index in [4.69, 9.17) is 29.4 Å². The molecule has 0 atom stereocenters. The molecule has 2 aliphatic rings. The van der Waals surface area contributed by atoms with Gasteiger partial charge < -0.3 is 46.4 Å². The van der Waals surface area contributed by atoms with Gasteiger partial charge in [-0.1, -0.05) is 72.8 Å². The maximum Gasteiger partial charge on any atom is 1.00 e. The topological polar surface area (TPSA) is 205 Å². The molecule has 0 spiro atoms. The molecule has 4 aromatic rings. The Morgan fingerprint density at radius 1 is 0.701 bits per heavy atom. The van der Waals surface area contributed by atoms with E-state index in [9.17, 15) is 26.8 Å². The van der Waals surface area contributed by atoms with Gasteiger partial charge in [0, 0.05) is 26.2 Å². The number of alkyl carbamates (subject to hydrolysis) is 2. The number of hydrogen-bond acceptors (Lipinski definition) is 14. The van der Waals surface area contributed by atoms with Gasteiger partial charge in [-0.2, -0.15) is 8.42 Å². The number of phenolic OH excluding ortho intramolecular Hbond substituents is 1. The van der Waals surface area contributed by atoms with Crippen molar-refractivity contribution in [3.05, 3.63) is 131 Å². The molecule has 2 aliphatic heterocycles. The fraction of sp³-hybridized carbons (Fsp3) is 0.413. The van der Waals surface area contributed by atoms with Crippen LogP contribution in [0.3, 0.4) is 0 Å². The summed E-state index contributed by atoms with van der Waals surface area (Å²) in [5.41, 5.74) is 3.33. The number of halogens is 2. The molecule has 2 amide bonds. The van der Waals surface area contributed by atoms with Gasteiger partial charge in [0.25, 0.3) is 16.6 Å². The molecule has 21 heteroatoms. The van der Waals surface area contributed by atoms with E-state index in [1.807, 2.05) is 66.7 Å². The van der Waals surface area contributed by atoms with Crippen LogP contribution in [0.5, 0.6) is 11.5 Å². The summed E-state index contributed by atoms with van der Waals surface area (Å²) < 4.78 is 68.8. The summed E-state index contributed by atoms with van der Waals surface area (Å²) in [7, 11) is -3.24. The quantitative estimate of drug-likeness (QED) is 0.0464. The molecular formula is C46H60Cs2F2N4O12S. The monoisotopic (exact) mass is 1200 g/mol. The Bertz CT molecular complexity index is 2100. The predicted molar refractivity (Wildman–Crippen MR) is 237 cm³/mol. The number of carbonyl (C=O) groups is 3. The van der Waals surface area contributed by atoms with Crippen LogP contribution in [-0.4, -0.2) is 114 Å². The Hall–Kier alpha value is -1.76. The normalized spacial score (nSPS) is 13.0. The van der Waals surface area contributed by atoms with Crippen LogP contribution in [0.25, 0.3) is 0 Å². The number of ether oxygens (including phenoxy) is 3. The van der Waals surface area contributed by atoms with E-state index in [1.165, 1.54) is 43.9 Å². The first kappa shape index (κ1) is 63.3.